The Bertz CT molecular complexity index is 1190. The molecule has 1 amide bonds. The van der Waals surface area contributed by atoms with Gasteiger partial charge in [-0.3, -0.25) is 4.79 Å². The molecule has 1 aliphatic carbocycles. The van der Waals surface area contributed by atoms with E-state index in [0.29, 0.717) is 6.54 Å². The molecule has 2 heterocycles. The fraction of sp³-hybridized carbons (Fsp3) is 0.500. The van der Waals surface area contributed by atoms with Crippen molar-refractivity contribution in [2.75, 3.05) is 30.4 Å². The lowest BCUT2D eigenvalue weighted by molar-refractivity contribution is -0.119. The molecule has 0 atom stereocenters. The molecule has 0 spiro atoms. The third-order valence-corrected chi connectivity index (χ3v) is 6.86. The van der Waals surface area contributed by atoms with E-state index in [9.17, 15) is 4.79 Å². The van der Waals surface area contributed by atoms with Crippen molar-refractivity contribution >= 4 is 33.2 Å². The molecule has 1 aliphatic rings. The summed E-state index contributed by atoms with van der Waals surface area (Å²) in [6.45, 7) is 9.42. The summed E-state index contributed by atoms with van der Waals surface area (Å²) in [6.07, 6.45) is 8.19. The minimum absolute atomic E-state index is 0.0141. The summed E-state index contributed by atoms with van der Waals surface area (Å²) in [7, 11) is 1.90. The van der Waals surface area contributed by atoms with Crippen LogP contribution in [0.5, 0.6) is 0 Å². The van der Waals surface area contributed by atoms with Gasteiger partial charge in [-0.25, -0.2) is 4.98 Å². The number of fused-ring (bicyclic) bond motifs is 1. The summed E-state index contributed by atoms with van der Waals surface area (Å²) in [5.74, 6) is 0.884. The number of aryl methyl sites for hydroxylation is 1. The van der Waals surface area contributed by atoms with Crippen LogP contribution < -0.4 is 15.5 Å². The number of imidazole rings is 1. The van der Waals surface area contributed by atoms with E-state index in [-0.39, 0.29) is 18.0 Å². The summed E-state index contributed by atoms with van der Waals surface area (Å²) >= 11 is 1.49. The van der Waals surface area contributed by atoms with Crippen molar-refractivity contribution in [3.8, 4) is 11.3 Å². The van der Waals surface area contributed by atoms with Gasteiger partial charge in [-0.2, -0.15) is 4.52 Å². The number of rotatable bonds is 8. The lowest BCUT2D eigenvalue weighted by Gasteiger charge is -2.22. The van der Waals surface area contributed by atoms with Gasteiger partial charge in [0.1, 0.15) is 5.69 Å². The van der Waals surface area contributed by atoms with Gasteiger partial charge in [0.2, 0.25) is 16.0 Å². The molecule has 0 bridgehead atoms. The minimum atomic E-state index is -0.155. The van der Waals surface area contributed by atoms with Crippen molar-refractivity contribution in [3.63, 3.8) is 0 Å². The number of anilines is 2. The molecule has 3 aromatic rings. The van der Waals surface area contributed by atoms with E-state index >= 15 is 0 Å². The second-order valence-electron chi connectivity index (χ2n) is 10.2. The Morgan fingerprint density at radius 3 is 2.79 bits per heavy atom. The van der Waals surface area contributed by atoms with Gasteiger partial charge in [0, 0.05) is 24.7 Å². The zero-order valence-electron chi connectivity index (χ0n) is 20.9. The fourth-order valence-corrected chi connectivity index (χ4v) is 5.05. The van der Waals surface area contributed by atoms with Crippen LogP contribution in [0.2, 0.25) is 0 Å². The molecule has 8 heteroatoms. The number of benzene rings is 1. The summed E-state index contributed by atoms with van der Waals surface area (Å²) in [5.41, 5.74) is 4.46. The summed E-state index contributed by atoms with van der Waals surface area (Å²) in [6, 6.07) is 8.35. The molecule has 182 valence electrons. The number of nitrogens with one attached hydrogen (secondary N) is 2. The smallest absolute Gasteiger partial charge is 0.239 e. The number of amides is 1. The maximum Gasteiger partial charge on any atom is 0.239 e. The third kappa shape index (κ3) is 5.97. The molecular weight excluding hydrogens is 444 g/mol. The Kier molecular flexibility index (Phi) is 7.26. The molecule has 0 saturated carbocycles. The van der Waals surface area contributed by atoms with Crippen molar-refractivity contribution in [1.29, 1.82) is 0 Å². The van der Waals surface area contributed by atoms with Crippen LogP contribution in [-0.4, -0.2) is 46.2 Å². The molecule has 2 aromatic heterocycles. The first-order valence-corrected chi connectivity index (χ1v) is 12.9. The molecule has 0 fully saturated rings. The minimum Gasteiger partial charge on any atom is -0.364 e. The summed E-state index contributed by atoms with van der Waals surface area (Å²) in [4.78, 5) is 20.1. The predicted molar refractivity (Wildman–Crippen MR) is 142 cm³/mol. The fourth-order valence-electron chi connectivity index (χ4n) is 4.19. The summed E-state index contributed by atoms with van der Waals surface area (Å²) < 4.78 is 1.87. The Hall–Kier alpha value is -2.87. The van der Waals surface area contributed by atoms with Crippen LogP contribution >= 0.6 is 11.3 Å². The van der Waals surface area contributed by atoms with Crippen LogP contribution in [0.25, 0.3) is 16.2 Å². The van der Waals surface area contributed by atoms with Crippen LogP contribution in [-0.2, 0) is 4.79 Å². The summed E-state index contributed by atoms with van der Waals surface area (Å²) in [5, 5.41) is 12.2. The van der Waals surface area contributed by atoms with Gasteiger partial charge in [-0.05, 0) is 65.9 Å². The zero-order chi connectivity index (χ0) is 24.3. The van der Waals surface area contributed by atoms with Crippen molar-refractivity contribution in [3.05, 3.63) is 41.5 Å². The number of carbonyl (C=O) groups excluding carboxylic acids is 1. The van der Waals surface area contributed by atoms with Gasteiger partial charge in [0.15, 0.2) is 5.82 Å². The normalized spacial score (nSPS) is 14.2. The molecule has 2 N–H and O–H groups in total. The largest absolute Gasteiger partial charge is 0.364 e. The molecule has 0 aliphatic heterocycles. The van der Waals surface area contributed by atoms with E-state index in [1.54, 1.807) is 0 Å². The average molecular weight is 481 g/mol. The van der Waals surface area contributed by atoms with Gasteiger partial charge in [-0.15, -0.1) is 5.10 Å². The number of nitrogens with zero attached hydrogens (tertiary/aromatic N) is 4. The highest BCUT2D eigenvalue weighted by Crippen LogP contribution is 2.34. The van der Waals surface area contributed by atoms with E-state index < -0.39 is 0 Å². The Balaban J connectivity index is 1.48. The number of hydrogen-bond donors (Lipinski definition) is 2. The van der Waals surface area contributed by atoms with Crippen LogP contribution in [0, 0.1) is 6.92 Å². The van der Waals surface area contributed by atoms with Crippen molar-refractivity contribution in [1.82, 2.24) is 19.9 Å². The first-order chi connectivity index (χ1) is 16.2. The number of allylic oxidation sites excluding steroid dienone is 1. The molecule has 34 heavy (non-hydrogen) atoms. The lowest BCUT2D eigenvalue weighted by Crippen LogP contribution is -2.35. The van der Waals surface area contributed by atoms with Crippen LogP contribution in [0.4, 0.5) is 10.9 Å². The monoisotopic (exact) mass is 480 g/mol. The molecule has 1 aromatic carbocycles. The van der Waals surface area contributed by atoms with Gasteiger partial charge in [0.25, 0.3) is 0 Å². The average Bonchev–Trinajstić information content (AvgIpc) is 3.33. The second kappa shape index (κ2) is 10.2. The maximum atomic E-state index is 12.5. The van der Waals surface area contributed by atoms with Crippen LogP contribution in [0.3, 0.4) is 0 Å². The molecule has 4 rings (SSSR count). The van der Waals surface area contributed by atoms with E-state index in [0.717, 1.165) is 33.6 Å². The Morgan fingerprint density at radius 1 is 1.26 bits per heavy atom. The Morgan fingerprint density at radius 2 is 2.09 bits per heavy atom. The lowest BCUT2D eigenvalue weighted by atomic mass is 9.97. The SMILES string of the molecule is Cc1cccc(-c2nc3sc(N(C)CC(=O)NCCC4=CCCCC4)nn3c2NC(C)(C)C)c1. The van der Waals surface area contributed by atoms with Crippen LogP contribution in [0.15, 0.2) is 35.9 Å². The topological polar surface area (TPSA) is 74.6 Å². The highest BCUT2D eigenvalue weighted by molar-refractivity contribution is 7.20. The van der Waals surface area contributed by atoms with E-state index in [4.69, 9.17) is 10.1 Å². The highest BCUT2D eigenvalue weighted by Gasteiger charge is 2.23. The third-order valence-electron chi connectivity index (χ3n) is 5.84. The van der Waals surface area contributed by atoms with Gasteiger partial charge in [-0.1, -0.05) is 46.7 Å². The zero-order valence-corrected chi connectivity index (χ0v) is 21.8. The number of hydrogen-bond acceptors (Lipinski definition) is 6. The van der Waals surface area contributed by atoms with E-state index in [2.05, 4.69) is 68.7 Å². The second-order valence-corrected chi connectivity index (χ2v) is 11.1. The predicted octanol–water partition coefficient (Wildman–Crippen LogP) is 5.42. The maximum absolute atomic E-state index is 12.5. The molecule has 0 unspecified atom stereocenters. The number of carbonyl (C=O) groups is 1. The molecular formula is C26H36N6OS. The first kappa shape index (κ1) is 24.3. The first-order valence-electron chi connectivity index (χ1n) is 12.1. The molecule has 0 radical (unpaired) electrons. The molecule has 7 nitrogen and oxygen atoms in total. The number of likely N-dealkylation sites (N-methyl/N-ethyl adjacent to an activating group) is 1. The van der Waals surface area contributed by atoms with Crippen molar-refractivity contribution in [2.24, 2.45) is 0 Å². The molecule has 0 saturated heterocycles. The van der Waals surface area contributed by atoms with E-state index in [1.165, 1.54) is 48.2 Å². The Labute approximate surface area is 206 Å². The van der Waals surface area contributed by atoms with Gasteiger partial charge < -0.3 is 15.5 Å². The van der Waals surface area contributed by atoms with E-state index in [1.807, 2.05) is 16.5 Å². The van der Waals surface area contributed by atoms with Gasteiger partial charge in [0.05, 0.1) is 6.54 Å². The quantitative estimate of drug-likeness (QED) is 0.421. The van der Waals surface area contributed by atoms with Crippen molar-refractivity contribution in [2.45, 2.75) is 65.3 Å². The highest BCUT2D eigenvalue weighted by atomic mass is 32.1. The standard InChI is InChI=1S/C26H36N6OS/c1-18-10-9-13-20(16-18)22-23(29-26(2,3)4)32-24(28-22)34-25(30-32)31(5)17-21(33)27-15-14-19-11-7-6-8-12-19/h9-11,13,16,29H,6-8,12,14-15,17H2,1-5H3,(H,27,33). The van der Waals surface area contributed by atoms with Crippen molar-refractivity contribution < 1.29 is 4.79 Å². The van der Waals surface area contributed by atoms with Gasteiger partial charge >= 0.3 is 0 Å². The number of aromatic nitrogens is 3. The van der Waals surface area contributed by atoms with Crippen LogP contribution in [0.1, 0.15) is 58.4 Å².